The average Bonchev–Trinajstić information content (AvgIpc) is 3.24. The molecular weight excluding hydrogens is 416 g/mol. The topological polar surface area (TPSA) is 85.2 Å². The number of rotatable bonds is 6. The van der Waals surface area contributed by atoms with E-state index in [-0.39, 0.29) is 5.78 Å². The van der Waals surface area contributed by atoms with Crippen molar-refractivity contribution in [1.82, 2.24) is 19.5 Å². The second-order valence-corrected chi connectivity index (χ2v) is 8.08. The van der Waals surface area contributed by atoms with E-state index < -0.39 is 0 Å². The number of fused-ring (bicyclic) bond motifs is 1. The third kappa shape index (κ3) is 4.42. The van der Waals surface area contributed by atoms with E-state index in [9.17, 15) is 4.79 Å². The number of ketones is 1. The van der Waals surface area contributed by atoms with Crippen molar-refractivity contribution in [3.63, 3.8) is 0 Å². The molecule has 1 fully saturated rings. The number of hydrogen-bond donors (Lipinski definition) is 1. The van der Waals surface area contributed by atoms with E-state index in [0.717, 1.165) is 41.1 Å². The first-order valence-corrected chi connectivity index (χ1v) is 11.1. The number of anilines is 3. The third-order valence-electron chi connectivity index (χ3n) is 5.83. The highest BCUT2D eigenvalue weighted by atomic mass is 16.5. The van der Waals surface area contributed by atoms with Gasteiger partial charge in [0.1, 0.15) is 5.82 Å². The van der Waals surface area contributed by atoms with Crippen LogP contribution in [-0.4, -0.2) is 51.6 Å². The molecule has 1 aliphatic heterocycles. The van der Waals surface area contributed by atoms with Gasteiger partial charge in [-0.2, -0.15) is 4.98 Å². The lowest BCUT2D eigenvalue weighted by Gasteiger charge is -2.27. The first-order chi connectivity index (χ1) is 16.1. The van der Waals surface area contributed by atoms with E-state index in [0.29, 0.717) is 37.0 Å². The molecule has 0 aliphatic carbocycles. The molecule has 2 aromatic carbocycles. The molecule has 0 unspecified atom stereocenters. The fourth-order valence-corrected chi connectivity index (χ4v) is 3.93. The molecule has 5 rings (SSSR count). The Labute approximate surface area is 192 Å². The summed E-state index contributed by atoms with van der Waals surface area (Å²) in [5.74, 6) is 1.49. The van der Waals surface area contributed by atoms with Crippen molar-refractivity contribution >= 4 is 34.3 Å². The van der Waals surface area contributed by atoms with Gasteiger partial charge in [0.05, 0.1) is 36.3 Å². The van der Waals surface area contributed by atoms with Gasteiger partial charge in [-0.1, -0.05) is 13.0 Å². The minimum Gasteiger partial charge on any atom is -0.378 e. The lowest BCUT2D eigenvalue weighted by atomic mass is 10.1. The van der Waals surface area contributed by atoms with Crippen LogP contribution in [0.15, 0.2) is 54.9 Å². The molecule has 0 spiro atoms. The van der Waals surface area contributed by atoms with E-state index in [2.05, 4.69) is 21.3 Å². The third-order valence-corrected chi connectivity index (χ3v) is 5.83. The van der Waals surface area contributed by atoms with Crippen LogP contribution < -0.4 is 10.2 Å². The summed E-state index contributed by atoms with van der Waals surface area (Å²) in [5.41, 5.74) is 5.39. The number of carbonyl (C=O) groups excluding carboxylic acids is 1. The normalized spacial score (nSPS) is 13.9. The van der Waals surface area contributed by atoms with Crippen LogP contribution in [0.4, 0.5) is 17.5 Å². The van der Waals surface area contributed by atoms with Crippen LogP contribution >= 0.6 is 0 Å². The maximum atomic E-state index is 11.9. The van der Waals surface area contributed by atoms with Crippen LogP contribution in [0.5, 0.6) is 0 Å². The number of morpholine rings is 1. The van der Waals surface area contributed by atoms with Gasteiger partial charge >= 0.3 is 0 Å². The van der Waals surface area contributed by atoms with Crippen molar-refractivity contribution in [1.29, 1.82) is 0 Å². The standard InChI is InChI=1S/C25H26N6O2/c1-3-23(32)17-4-7-19(8-5-17)27-24-15-21(28-25(29-24)31-10-12-33-13-11-31)18-6-9-20-22(14-18)30(2)16-26-20/h4-9,14-16H,3,10-13H2,1-2H3,(H,27,28,29). The van der Waals surface area contributed by atoms with E-state index in [4.69, 9.17) is 14.7 Å². The highest BCUT2D eigenvalue weighted by Crippen LogP contribution is 2.28. The summed E-state index contributed by atoms with van der Waals surface area (Å²) in [7, 11) is 1.98. The Hall–Kier alpha value is -3.78. The monoisotopic (exact) mass is 442 g/mol. The Morgan fingerprint density at radius 1 is 1.06 bits per heavy atom. The number of hydrogen-bond acceptors (Lipinski definition) is 7. The van der Waals surface area contributed by atoms with Gasteiger partial charge in [-0.15, -0.1) is 0 Å². The van der Waals surface area contributed by atoms with Gasteiger partial charge in [-0.3, -0.25) is 4.79 Å². The van der Waals surface area contributed by atoms with Crippen molar-refractivity contribution in [3.8, 4) is 11.3 Å². The van der Waals surface area contributed by atoms with Gasteiger partial charge in [0.15, 0.2) is 5.78 Å². The highest BCUT2D eigenvalue weighted by molar-refractivity contribution is 5.96. The average molecular weight is 443 g/mol. The summed E-state index contributed by atoms with van der Waals surface area (Å²) >= 11 is 0. The Morgan fingerprint density at radius 2 is 1.85 bits per heavy atom. The molecule has 0 saturated carbocycles. The summed E-state index contributed by atoms with van der Waals surface area (Å²) in [4.78, 5) is 28.2. The van der Waals surface area contributed by atoms with Crippen LogP contribution in [0.3, 0.4) is 0 Å². The fourth-order valence-electron chi connectivity index (χ4n) is 3.93. The van der Waals surface area contributed by atoms with Gasteiger partial charge in [0.25, 0.3) is 0 Å². The number of Topliss-reactive ketones (excluding diaryl/α,β-unsaturated/α-hetero) is 1. The van der Waals surface area contributed by atoms with E-state index in [1.54, 1.807) is 0 Å². The van der Waals surface area contributed by atoms with Crippen molar-refractivity contribution in [3.05, 3.63) is 60.4 Å². The molecule has 0 atom stereocenters. The van der Waals surface area contributed by atoms with Crippen molar-refractivity contribution < 1.29 is 9.53 Å². The molecule has 4 aromatic rings. The number of nitrogens with zero attached hydrogens (tertiary/aromatic N) is 5. The molecule has 0 amide bonds. The van der Waals surface area contributed by atoms with Crippen molar-refractivity contribution in [2.75, 3.05) is 36.5 Å². The summed E-state index contributed by atoms with van der Waals surface area (Å²) < 4.78 is 7.51. The molecule has 8 heteroatoms. The Balaban J connectivity index is 1.52. The van der Waals surface area contributed by atoms with Gasteiger partial charge in [-0.25, -0.2) is 9.97 Å². The summed E-state index contributed by atoms with van der Waals surface area (Å²) in [5, 5.41) is 3.38. The smallest absolute Gasteiger partial charge is 0.228 e. The van der Waals surface area contributed by atoms with Crippen molar-refractivity contribution in [2.45, 2.75) is 13.3 Å². The summed E-state index contributed by atoms with van der Waals surface area (Å²) in [6.07, 6.45) is 2.31. The zero-order valence-electron chi connectivity index (χ0n) is 18.8. The van der Waals surface area contributed by atoms with Gasteiger partial charge in [-0.05, 0) is 36.4 Å². The maximum Gasteiger partial charge on any atom is 0.228 e. The Bertz CT molecular complexity index is 1290. The maximum absolute atomic E-state index is 11.9. The predicted molar refractivity (Wildman–Crippen MR) is 129 cm³/mol. The van der Waals surface area contributed by atoms with Gasteiger partial charge in [0.2, 0.25) is 5.95 Å². The van der Waals surface area contributed by atoms with Crippen LogP contribution in [0.25, 0.3) is 22.3 Å². The molecule has 168 valence electrons. The molecule has 1 aliphatic rings. The predicted octanol–water partition coefficient (Wildman–Crippen LogP) is 4.20. The van der Waals surface area contributed by atoms with Crippen LogP contribution in [-0.2, 0) is 11.8 Å². The molecule has 33 heavy (non-hydrogen) atoms. The van der Waals surface area contributed by atoms with Gasteiger partial charge < -0.3 is 19.5 Å². The molecule has 1 N–H and O–H groups in total. The second kappa shape index (κ2) is 8.99. The highest BCUT2D eigenvalue weighted by Gasteiger charge is 2.17. The van der Waals surface area contributed by atoms with Crippen molar-refractivity contribution in [2.24, 2.45) is 7.05 Å². The quantitative estimate of drug-likeness (QED) is 0.448. The Morgan fingerprint density at radius 3 is 2.61 bits per heavy atom. The largest absolute Gasteiger partial charge is 0.378 e. The first-order valence-electron chi connectivity index (χ1n) is 11.1. The molecule has 8 nitrogen and oxygen atoms in total. The number of nitrogens with one attached hydrogen (secondary N) is 1. The molecule has 0 radical (unpaired) electrons. The zero-order chi connectivity index (χ0) is 22.8. The molecule has 2 aromatic heterocycles. The molecular formula is C25H26N6O2. The minimum atomic E-state index is 0.131. The number of imidazole rings is 1. The minimum absolute atomic E-state index is 0.131. The second-order valence-electron chi connectivity index (χ2n) is 8.08. The Kier molecular flexibility index (Phi) is 5.75. The van der Waals surface area contributed by atoms with E-state index in [1.807, 2.05) is 67.3 Å². The number of carbonyl (C=O) groups is 1. The molecule has 1 saturated heterocycles. The fraction of sp³-hybridized carbons (Fsp3) is 0.280. The number of ether oxygens (including phenoxy) is 1. The molecule has 3 heterocycles. The van der Waals surface area contributed by atoms with E-state index >= 15 is 0 Å². The number of aryl methyl sites for hydroxylation is 1. The SMILES string of the molecule is CCC(=O)c1ccc(Nc2cc(-c3ccc4ncn(C)c4c3)nc(N3CCOCC3)n2)cc1. The molecule has 0 bridgehead atoms. The lowest BCUT2D eigenvalue weighted by Crippen LogP contribution is -2.37. The number of aromatic nitrogens is 4. The number of benzene rings is 2. The first kappa shape index (κ1) is 21.1. The van der Waals surface area contributed by atoms with Gasteiger partial charge in [0, 0.05) is 49.4 Å². The zero-order valence-corrected chi connectivity index (χ0v) is 18.8. The van der Waals surface area contributed by atoms with Crippen LogP contribution in [0, 0.1) is 0 Å². The summed E-state index contributed by atoms with van der Waals surface area (Å²) in [6, 6.07) is 15.6. The van der Waals surface area contributed by atoms with Crippen LogP contribution in [0.2, 0.25) is 0 Å². The van der Waals surface area contributed by atoms with E-state index in [1.165, 1.54) is 0 Å². The summed E-state index contributed by atoms with van der Waals surface area (Å²) in [6.45, 7) is 4.68. The lowest BCUT2D eigenvalue weighted by molar-refractivity contribution is 0.0988. The van der Waals surface area contributed by atoms with Crippen LogP contribution in [0.1, 0.15) is 23.7 Å².